The van der Waals surface area contributed by atoms with Crippen molar-refractivity contribution in [1.29, 1.82) is 0 Å². The molecule has 9 heteroatoms. The van der Waals surface area contributed by atoms with E-state index in [1.54, 1.807) is 33.9 Å². The molecule has 3 rings (SSSR count). The van der Waals surface area contributed by atoms with Gasteiger partial charge in [0, 0.05) is 18.9 Å². The van der Waals surface area contributed by atoms with Gasteiger partial charge in [0.25, 0.3) is 5.91 Å². The molecule has 2 heterocycles. The molecule has 2 aromatic heterocycles. The zero-order valence-electron chi connectivity index (χ0n) is 13.2. The molecule has 0 unspecified atom stereocenters. The average Bonchev–Trinajstić information content (AvgIpc) is 3.12. The number of carbonyl (C=O) groups excluding carboxylic acids is 1. The number of nitrogens with zero attached hydrogens (tertiary/aromatic N) is 4. The number of aryl methyl sites for hydroxylation is 1. The molecule has 0 bridgehead atoms. The second kappa shape index (κ2) is 7.37. The Kier molecular flexibility index (Phi) is 5.19. The molecule has 6 nitrogen and oxygen atoms in total. The maximum Gasteiger partial charge on any atom is 0.278 e. The van der Waals surface area contributed by atoms with Gasteiger partial charge in [-0.05, 0) is 40.5 Å². The Balaban J connectivity index is 1.74. The van der Waals surface area contributed by atoms with Crippen molar-refractivity contribution in [2.24, 2.45) is 0 Å². The van der Waals surface area contributed by atoms with Crippen molar-refractivity contribution in [1.82, 2.24) is 19.6 Å². The standard InChI is InChI=1S/C16H14BrClFN5O/c1-2-23-8-12(17)14(21-23)16(25)20-15-13(18)9-24(22-15)7-10-3-5-11(19)6-4-10/h3-6,8-9H,2,7H2,1H3,(H,20,22,25). The predicted molar refractivity (Wildman–Crippen MR) is 96.3 cm³/mol. The van der Waals surface area contributed by atoms with Gasteiger partial charge in [0.05, 0.1) is 11.0 Å². The number of nitrogens with one attached hydrogen (secondary N) is 1. The Morgan fingerprint density at radius 3 is 2.60 bits per heavy atom. The summed E-state index contributed by atoms with van der Waals surface area (Å²) in [5.74, 6) is -0.466. The second-order valence-electron chi connectivity index (χ2n) is 5.29. The highest BCUT2D eigenvalue weighted by Crippen LogP contribution is 2.22. The van der Waals surface area contributed by atoms with E-state index in [0.717, 1.165) is 5.56 Å². The Morgan fingerprint density at radius 2 is 1.96 bits per heavy atom. The second-order valence-corrected chi connectivity index (χ2v) is 6.55. The minimum absolute atomic E-state index is 0.242. The minimum atomic E-state index is -0.409. The molecule has 3 aromatic rings. The van der Waals surface area contributed by atoms with Crippen LogP contribution < -0.4 is 5.32 Å². The molecule has 1 N–H and O–H groups in total. The number of amides is 1. The molecule has 130 valence electrons. The lowest BCUT2D eigenvalue weighted by Crippen LogP contribution is -2.15. The molecule has 0 aliphatic carbocycles. The molecule has 0 fully saturated rings. The lowest BCUT2D eigenvalue weighted by Gasteiger charge is -2.02. The SMILES string of the molecule is CCn1cc(Br)c(C(=O)Nc2nn(Cc3ccc(F)cc3)cc2Cl)n1. The van der Waals surface area contributed by atoms with Crippen LogP contribution in [-0.4, -0.2) is 25.5 Å². The van der Waals surface area contributed by atoms with Crippen molar-refractivity contribution < 1.29 is 9.18 Å². The summed E-state index contributed by atoms with van der Waals surface area (Å²) in [6.07, 6.45) is 3.32. The number of benzene rings is 1. The Bertz CT molecular complexity index is 906. The Labute approximate surface area is 156 Å². The van der Waals surface area contributed by atoms with Crippen LogP contribution in [0.4, 0.5) is 10.2 Å². The van der Waals surface area contributed by atoms with E-state index in [4.69, 9.17) is 11.6 Å². The highest BCUT2D eigenvalue weighted by molar-refractivity contribution is 9.10. The fourth-order valence-electron chi connectivity index (χ4n) is 2.22. The van der Waals surface area contributed by atoms with Crippen LogP contribution in [-0.2, 0) is 13.1 Å². The van der Waals surface area contributed by atoms with Crippen molar-refractivity contribution >= 4 is 39.3 Å². The molecular weight excluding hydrogens is 413 g/mol. The topological polar surface area (TPSA) is 64.7 Å². The molecule has 0 radical (unpaired) electrons. The summed E-state index contributed by atoms with van der Waals surface area (Å²) in [5.41, 5.74) is 1.12. The number of halogens is 3. The Hall–Kier alpha value is -2.19. The van der Waals surface area contributed by atoms with Crippen molar-refractivity contribution in [3.8, 4) is 0 Å². The van der Waals surface area contributed by atoms with Crippen LogP contribution >= 0.6 is 27.5 Å². The molecule has 0 aliphatic rings. The van der Waals surface area contributed by atoms with Crippen LogP contribution in [0.3, 0.4) is 0 Å². The smallest absolute Gasteiger partial charge is 0.278 e. The number of carbonyl (C=O) groups is 1. The zero-order valence-corrected chi connectivity index (χ0v) is 15.6. The van der Waals surface area contributed by atoms with Crippen LogP contribution in [0, 0.1) is 5.82 Å². The van der Waals surface area contributed by atoms with Gasteiger partial charge in [0.1, 0.15) is 10.8 Å². The van der Waals surface area contributed by atoms with Gasteiger partial charge in [-0.3, -0.25) is 14.2 Å². The van der Waals surface area contributed by atoms with E-state index in [-0.39, 0.29) is 17.3 Å². The first-order valence-electron chi connectivity index (χ1n) is 7.48. The van der Waals surface area contributed by atoms with Crippen LogP contribution in [0.1, 0.15) is 23.0 Å². The van der Waals surface area contributed by atoms with Crippen molar-refractivity contribution in [2.75, 3.05) is 5.32 Å². The molecule has 0 spiro atoms. The van der Waals surface area contributed by atoms with Crippen LogP contribution in [0.15, 0.2) is 41.1 Å². The fraction of sp³-hybridized carbons (Fsp3) is 0.188. The van der Waals surface area contributed by atoms with Crippen molar-refractivity contribution in [3.63, 3.8) is 0 Å². The van der Waals surface area contributed by atoms with Gasteiger partial charge < -0.3 is 5.32 Å². The maximum absolute atomic E-state index is 13.0. The molecule has 0 aliphatic heterocycles. The summed E-state index contributed by atoms with van der Waals surface area (Å²) in [5, 5.41) is 11.4. The number of rotatable bonds is 5. The molecule has 25 heavy (non-hydrogen) atoms. The number of anilines is 1. The first-order chi connectivity index (χ1) is 12.0. The van der Waals surface area contributed by atoms with E-state index in [1.807, 2.05) is 6.92 Å². The molecule has 0 atom stereocenters. The van der Waals surface area contributed by atoms with Crippen molar-refractivity contribution in [2.45, 2.75) is 20.0 Å². The van der Waals surface area contributed by atoms with Gasteiger partial charge in [-0.15, -0.1) is 0 Å². The lowest BCUT2D eigenvalue weighted by atomic mass is 10.2. The van der Waals surface area contributed by atoms with Crippen LogP contribution in [0.2, 0.25) is 5.02 Å². The highest BCUT2D eigenvalue weighted by Gasteiger charge is 2.18. The number of hydrogen-bond acceptors (Lipinski definition) is 3. The first-order valence-corrected chi connectivity index (χ1v) is 8.65. The zero-order chi connectivity index (χ0) is 18.0. The third-order valence-corrected chi connectivity index (χ3v) is 4.32. The average molecular weight is 427 g/mol. The summed E-state index contributed by atoms with van der Waals surface area (Å²) in [6, 6.07) is 6.09. The quantitative estimate of drug-likeness (QED) is 0.672. The molecule has 1 aromatic carbocycles. The number of hydrogen-bond donors (Lipinski definition) is 1. The van der Waals surface area contributed by atoms with Gasteiger partial charge in [-0.2, -0.15) is 10.2 Å². The van der Waals surface area contributed by atoms with E-state index >= 15 is 0 Å². The van der Waals surface area contributed by atoms with Gasteiger partial charge in [0.15, 0.2) is 11.5 Å². The predicted octanol–water partition coefficient (Wildman–Crippen LogP) is 3.96. The fourth-order valence-corrected chi connectivity index (χ4v) is 2.91. The summed E-state index contributed by atoms with van der Waals surface area (Å²) in [7, 11) is 0. The monoisotopic (exact) mass is 425 g/mol. The minimum Gasteiger partial charge on any atom is -0.302 e. The Morgan fingerprint density at radius 1 is 1.24 bits per heavy atom. The van der Waals surface area contributed by atoms with E-state index in [0.29, 0.717) is 22.6 Å². The summed E-state index contributed by atoms with van der Waals surface area (Å²) < 4.78 is 16.8. The molecule has 0 saturated carbocycles. The van der Waals surface area contributed by atoms with Gasteiger partial charge in [0.2, 0.25) is 0 Å². The lowest BCUT2D eigenvalue weighted by molar-refractivity contribution is 0.102. The van der Waals surface area contributed by atoms with Gasteiger partial charge >= 0.3 is 0 Å². The van der Waals surface area contributed by atoms with Crippen molar-refractivity contribution in [3.05, 3.63) is 63.2 Å². The van der Waals surface area contributed by atoms with Gasteiger partial charge in [-0.25, -0.2) is 4.39 Å². The third-order valence-electron chi connectivity index (χ3n) is 3.46. The van der Waals surface area contributed by atoms with Gasteiger partial charge in [-0.1, -0.05) is 23.7 Å². The summed E-state index contributed by atoms with van der Waals surface area (Å²) >= 11 is 9.46. The summed E-state index contributed by atoms with van der Waals surface area (Å²) in [4.78, 5) is 12.4. The molecule has 0 saturated heterocycles. The van der Waals surface area contributed by atoms with E-state index in [9.17, 15) is 9.18 Å². The maximum atomic E-state index is 13.0. The van der Waals surface area contributed by atoms with E-state index < -0.39 is 5.91 Å². The number of aromatic nitrogens is 4. The van der Waals surface area contributed by atoms with E-state index in [2.05, 4.69) is 31.4 Å². The summed E-state index contributed by atoms with van der Waals surface area (Å²) in [6.45, 7) is 2.98. The molecule has 1 amide bonds. The first kappa shape index (κ1) is 17.6. The van der Waals surface area contributed by atoms with Crippen LogP contribution in [0.5, 0.6) is 0 Å². The van der Waals surface area contributed by atoms with Crippen LogP contribution in [0.25, 0.3) is 0 Å². The highest BCUT2D eigenvalue weighted by atomic mass is 79.9. The molecular formula is C16H14BrClFN5O. The van der Waals surface area contributed by atoms with E-state index in [1.165, 1.54) is 12.1 Å². The normalized spacial score (nSPS) is 10.9. The largest absolute Gasteiger partial charge is 0.302 e. The third kappa shape index (κ3) is 4.08.